The fourth-order valence-electron chi connectivity index (χ4n) is 2.30. The van der Waals surface area contributed by atoms with Crippen molar-refractivity contribution in [3.05, 3.63) is 29.3 Å². The second kappa shape index (κ2) is 6.37. The Balaban J connectivity index is 2.02. The van der Waals surface area contributed by atoms with E-state index in [1.807, 2.05) is 6.07 Å². The summed E-state index contributed by atoms with van der Waals surface area (Å²) in [5.41, 5.74) is 1.35. The SMILES string of the molecule is COc1ccc(CNC2CCC(=O)N(C)C2=O)cc1C#N. The van der Waals surface area contributed by atoms with E-state index in [0.717, 1.165) is 10.5 Å². The van der Waals surface area contributed by atoms with Crippen molar-refractivity contribution < 1.29 is 14.3 Å². The summed E-state index contributed by atoms with van der Waals surface area (Å²) in [6.45, 7) is 0.455. The highest BCUT2D eigenvalue weighted by Gasteiger charge is 2.31. The van der Waals surface area contributed by atoms with Gasteiger partial charge in [-0.15, -0.1) is 0 Å². The lowest BCUT2D eigenvalue weighted by Crippen LogP contribution is -2.51. The number of benzene rings is 1. The van der Waals surface area contributed by atoms with Crippen LogP contribution in [0.15, 0.2) is 18.2 Å². The number of hydrogen-bond acceptors (Lipinski definition) is 5. The third-order valence-corrected chi connectivity index (χ3v) is 3.59. The van der Waals surface area contributed by atoms with Crippen LogP contribution in [-0.2, 0) is 16.1 Å². The summed E-state index contributed by atoms with van der Waals surface area (Å²) in [6, 6.07) is 7.02. The van der Waals surface area contributed by atoms with Gasteiger partial charge in [0, 0.05) is 20.0 Å². The molecule has 1 heterocycles. The monoisotopic (exact) mass is 287 g/mol. The molecule has 1 aromatic rings. The summed E-state index contributed by atoms with van der Waals surface area (Å²) in [6.07, 6.45) is 0.870. The van der Waals surface area contributed by atoms with Gasteiger partial charge < -0.3 is 10.1 Å². The van der Waals surface area contributed by atoms with Crippen molar-refractivity contribution >= 4 is 11.8 Å². The Morgan fingerprint density at radius 3 is 2.90 bits per heavy atom. The first-order valence-corrected chi connectivity index (χ1v) is 6.67. The number of rotatable bonds is 4. The van der Waals surface area contributed by atoms with Gasteiger partial charge in [-0.3, -0.25) is 14.5 Å². The number of ether oxygens (including phenoxy) is 1. The van der Waals surface area contributed by atoms with Crippen LogP contribution in [0.1, 0.15) is 24.0 Å². The zero-order valence-corrected chi connectivity index (χ0v) is 12.0. The molecule has 21 heavy (non-hydrogen) atoms. The molecule has 6 nitrogen and oxygen atoms in total. The topological polar surface area (TPSA) is 82.4 Å². The lowest BCUT2D eigenvalue weighted by atomic mass is 10.0. The highest BCUT2D eigenvalue weighted by Crippen LogP contribution is 2.19. The Hall–Kier alpha value is -2.39. The quantitative estimate of drug-likeness (QED) is 0.828. The number of carbonyl (C=O) groups excluding carboxylic acids is 2. The van der Waals surface area contributed by atoms with E-state index >= 15 is 0 Å². The van der Waals surface area contributed by atoms with E-state index in [1.165, 1.54) is 14.2 Å². The van der Waals surface area contributed by atoms with Gasteiger partial charge in [-0.1, -0.05) is 6.07 Å². The average molecular weight is 287 g/mol. The number of likely N-dealkylation sites (N-methyl/N-ethyl adjacent to an activating group) is 1. The summed E-state index contributed by atoms with van der Waals surface area (Å²) in [5.74, 6) is 0.176. The second-order valence-electron chi connectivity index (χ2n) is 4.91. The Morgan fingerprint density at radius 2 is 2.24 bits per heavy atom. The molecular formula is C15H17N3O3. The van der Waals surface area contributed by atoms with Crippen LogP contribution in [-0.4, -0.2) is 36.9 Å². The maximum absolute atomic E-state index is 12.0. The van der Waals surface area contributed by atoms with Gasteiger partial charge in [0.25, 0.3) is 0 Å². The molecule has 1 fully saturated rings. The first-order valence-electron chi connectivity index (χ1n) is 6.67. The van der Waals surface area contributed by atoms with E-state index < -0.39 is 0 Å². The van der Waals surface area contributed by atoms with Crippen molar-refractivity contribution in [2.24, 2.45) is 0 Å². The maximum Gasteiger partial charge on any atom is 0.246 e. The van der Waals surface area contributed by atoms with Gasteiger partial charge in [-0.25, -0.2) is 0 Å². The van der Waals surface area contributed by atoms with Gasteiger partial charge in [0.1, 0.15) is 11.8 Å². The lowest BCUT2D eigenvalue weighted by molar-refractivity contribution is -0.148. The van der Waals surface area contributed by atoms with Crippen molar-refractivity contribution in [1.82, 2.24) is 10.2 Å². The van der Waals surface area contributed by atoms with E-state index in [1.54, 1.807) is 12.1 Å². The minimum absolute atomic E-state index is 0.144. The molecule has 1 atom stereocenters. The first kappa shape index (κ1) is 15.0. The van der Waals surface area contributed by atoms with E-state index in [2.05, 4.69) is 11.4 Å². The molecule has 0 spiro atoms. The summed E-state index contributed by atoms with van der Waals surface area (Å²) >= 11 is 0. The van der Waals surface area contributed by atoms with Gasteiger partial charge >= 0.3 is 0 Å². The Morgan fingerprint density at radius 1 is 1.48 bits per heavy atom. The average Bonchev–Trinajstić information content (AvgIpc) is 2.51. The number of nitriles is 1. The molecule has 0 radical (unpaired) electrons. The number of methoxy groups -OCH3 is 1. The maximum atomic E-state index is 12.0. The van der Waals surface area contributed by atoms with Crippen molar-refractivity contribution in [1.29, 1.82) is 5.26 Å². The lowest BCUT2D eigenvalue weighted by Gasteiger charge is -2.28. The van der Waals surface area contributed by atoms with Crippen molar-refractivity contribution in [3.8, 4) is 11.8 Å². The van der Waals surface area contributed by atoms with Crippen LogP contribution in [0.5, 0.6) is 5.75 Å². The van der Waals surface area contributed by atoms with Crippen molar-refractivity contribution in [3.63, 3.8) is 0 Å². The number of amides is 2. The zero-order valence-electron chi connectivity index (χ0n) is 12.0. The van der Waals surface area contributed by atoms with E-state index in [9.17, 15) is 9.59 Å². The molecule has 1 aromatic carbocycles. The molecule has 110 valence electrons. The molecule has 0 aliphatic carbocycles. The van der Waals surface area contributed by atoms with Crippen LogP contribution in [0, 0.1) is 11.3 Å². The molecule has 0 saturated carbocycles. The zero-order chi connectivity index (χ0) is 15.4. The van der Waals surface area contributed by atoms with Crippen molar-refractivity contribution in [2.45, 2.75) is 25.4 Å². The number of carbonyl (C=O) groups is 2. The molecule has 2 amide bonds. The smallest absolute Gasteiger partial charge is 0.246 e. The van der Waals surface area contributed by atoms with Crippen LogP contribution >= 0.6 is 0 Å². The number of likely N-dealkylation sites (tertiary alicyclic amines) is 1. The van der Waals surface area contributed by atoms with E-state index in [-0.39, 0.29) is 17.9 Å². The van der Waals surface area contributed by atoms with Crippen LogP contribution < -0.4 is 10.1 Å². The third-order valence-electron chi connectivity index (χ3n) is 3.59. The van der Waals surface area contributed by atoms with Crippen LogP contribution in [0.2, 0.25) is 0 Å². The predicted molar refractivity (Wildman–Crippen MR) is 75.3 cm³/mol. The third kappa shape index (κ3) is 3.20. The van der Waals surface area contributed by atoms with Gasteiger partial charge in [-0.2, -0.15) is 5.26 Å². The van der Waals surface area contributed by atoms with Crippen LogP contribution in [0.3, 0.4) is 0 Å². The number of hydrogen-bond donors (Lipinski definition) is 1. The van der Waals surface area contributed by atoms with E-state index in [0.29, 0.717) is 30.7 Å². The summed E-state index contributed by atoms with van der Waals surface area (Å²) in [7, 11) is 3.02. The number of nitrogens with one attached hydrogen (secondary N) is 1. The Labute approximate surface area is 123 Å². The Bertz CT molecular complexity index is 607. The van der Waals surface area contributed by atoms with Gasteiger partial charge in [-0.05, 0) is 24.1 Å². The molecule has 1 N–H and O–H groups in total. The molecule has 2 rings (SSSR count). The summed E-state index contributed by atoms with van der Waals surface area (Å²) in [5, 5.41) is 12.2. The Kier molecular flexibility index (Phi) is 4.55. The second-order valence-corrected chi connectivity index (χ2v) is 4.91. The van der Waals surface area contributed by atoms with Gasteiger partial charge in [0.05, 0.1) is 18.7 Å². The molecule has 0 bridgehead atoms. The van der Waals surface area contributed by atoms with Crippen LogP contribution in [0.25, 0.3) is 0 Å². The highest BCUT2D eigenvalue weighted by atomic mass is 16.5. The van der Waals surface area contributed by atoms with Crippen LogP contribution in [0.4, 0.5) is 0 Å². The highest BCUT2D eigenvalue weighted by molar-refractivity contribution is 6.00. The fraction of sp³-hybridized carbons (Fsp3) is 0.400. The van der Waals surface area contributed by atoms with E-state index in [4.69, 9.17) is 10.00 Å². The first-order chi connectivity index (χ1) is 10.1. The molecule has 0 aromatic heterocycles. The molecule has 1 aliphatic heterocycles. The van der Waals surface area contributed by atoms with Gasteiger partial charge in [0.15, 0.2) is 0 Å². The normalized spacial score (nSPS) is 18.5. The molecule has 1 aliphatic rings. The number of piperidine rings is 1. The summed E-state index contributed by atoms with van der Waals surface area (Å²) in [4.78, 5) is 24.5. The van der Waals surface area contributed by atoms with Crippen molar-refractivity contribution in [2.75, 3.05) is 14.2 Å². The molecule has 6 heteroatoms. The minimum Gasteiger partial charge on any atom is -0.495 e. The number of imide groups is 1. The minimum atomic E-state index is -0.361. The summed E-state index contributed by atoms with van der Waals surface area (Å²) < 4.78 is 5.09. The molecule has 1 unspecified atom stereocenters. The fourth-order valence-corrected chi connectivity index (χ4v) is 2.30. The number of nitrogens with zero attached hydrogens (tertiary/aromatic N) is 2. The van der Waals surface area contributed by atoms with Gasteiger partial charge in [0.2, 0.25) is 11.8 Å². The predicted octanol–water partition coefficient (Wildman–Crippen LogP) is 0.804. The standard InChI is InChI=1S/C15H17N3O3/c1-18-14(19)6-4-12(15(18)20)17-9-10-3-5-13(21-2)11(7-10)8-16/h3,5,7,12,17H,4,6,9H2,1-2H3. The molecule has 1 saturated heterocycles. The molecular weight excluding hydrogens is 270 g/mol. The largest absolute Gasteiger partial charge is 0.495 e.